The number of aromatic hydroxyl groups is 1. The highest BCUT2D eigenvalue weighted by Gasteiger charge is 2.22. The van der Waals surface area contributed by atoms with Crippen LogP contribution in [0.4, 0.5) is 9.59 Å². The first-order valence-corrected chi connectivity index (χ1v) is 20.2. The molecule has 2 aromatic carbocycles. The average molecular weight is 765 g/mol. The largest absolute Gasteiger partial charge is 0.508 e. The SMILES string of the molecule is CC(C)[C@@H](CCC(=O)C[C@H](CNC(=O)N[C@@H](C)CCC(N)=O)Cc1ccc(O)cc1)NC(=O)NC[C@H](CCCCN)CC(=O)CC[C@@H](C)Cc1ccccc1. The molecule has 9 N–H and O–H groups in total. The zero-order valence-electron chi connectivity index (χ0n) is 33.6. The number of rotatable bonds is 28. The Balaban J connectivity index is 1.90. The van der Waals surface area contributed by atoms with Crippen LogP contribution in [0.1, 0.15) is 109 Å². The standard InChI is InChI=1S/C43H68N6O6/c1-30(2)40(49-43(55)46-28-35(12-8-9-23-44)26-38(51)17-13-31(3)24-33-10-6-5-7-11-33)21-20-39(52)27-36(25-34-15-18-37(50)19-16-34)29-47-42(54)48-32(4)14-22-41(45)53/h5-7,10-11,15-16,18-19,30-32,35-36,40,50H,8-9,12-14,17,20-29,44H2,1-4H3,(H2,45,53)(H2,46,49,55)(H2,47,48,54)/t31-,32+,35-,36-,40-/m1/s1. The number of hydrogen-bond donors (Lipinski definition) is 7. The van der Waals surface area contributed by atoms with Crippen molar-refractivity contribution in [3.05, 3.63) is 65.7 Å². The quantitative estimate of drug-likeness (QED) is 0.0520. The highest BCUT2D eigenvalue weighted by molar-refractivity contribution is 5.80. The first kappa shape index (κ1) is 46.7. The first-order chi connectivity index (χ1) is 26.2. The van der Waals surface area contributed by atoms with Crippen molar-refractivity contribution in [1.82, 2.24) is 21.3 Å². The van der Waals surface area contributed by atoms with Gasteiger partial charge in [-0.2, -0.15) is 0 Å². The highest BCUT2D eigenvalue weighted by Crippen LogP contribution is 2.20. The zero-order chi connectivity index (χ0) is 40.6. The number of nitrogens with two attached hydrogens (primary N) is 2. The Hall–Kier alpha value is -4.45. The van der Waals surface area contributed by atoms with Gasteiger partial charge in [0.1, 0.15) is 17.3 Å². The predicted octanol–water partition coefficient (Wildman–Crippen LogP) is 5.93. The number of Topliss-reactive ketones (excluding diaryl/α,β-unsaturated/α-hetero) is 2. The van der Waals surface area contributed by atoms with E-state index in [2.05, 4.69) is 40.3 Å². The second-order valence-electron chi connectivity index (χ2n) is 15.7. The monoisotopic (exact) mass is 765 g/mol. The molecule has 0 saturated heterocycles. The number of amides is 5. The van der Waals surface area contributed by atoms with Crippen LogP contribution in [0.15, 0.2) is 54.6 Å². The van der Waals surface area contributed by atoms with Gasteiger partial charge in [-0.25, -0.2) is 9.59 Å². The van der Waals surface area contributed by atoms with E-state index in [4.69, 9.17) is 11.5 Å². The van der Waals surface area contributed by atoms with Gasteiger partial charge in [-0.15, -0.1) is 0 Å². The molecular weight excluding hydrogens is 697 g/mol. The molecule has 0 heterocycles. The van der Waals surface area contributed by atoms with Crippen LogP contribution in [0.5, 0.6) is 5.75 Å². The number of nitrogens with one attached hydrogen (secondary N) is 4. The van der Waals surface area contributed by atoms with Gasteiger partial charge in [0.05, 0.1) is 0 Å². The lowest BCUT2D eigenvalue weighted by Gasteiger charge is -2.24. The van der Waals surface area contributed by atoms with Crippen molar-refractivity contribution >= 4 is 29.5 Å². The molecule has 55 heavy (non-hydrogen) atoms. The molecule has 5 atom stereocenters. The molecule has 0 unspecified atom stereocenters. The Kier molecular flexibility index (Phi) is 22.4. The smallest absolute Gasteiger partial charge is 0.315 e. The molecule has 0 radical (unpaired) electrons. The van der Waals surface area contributed by atoms with Crippen molar-refractivity contribution < 1.29 is 29.1 Å². The van der Waals surface area contributed by atoms with Gasteiger partial charge in [0.2, 0.25) is 5.91 Å². The normalized spacial score (nSPS) is 13.9. The minimum atomic E-state index is -0.432. The Bertz CT molecular complexity index is 1440. The summed E-state index contributed by atoms with van der Waals surface area (Å²) in [6.07, 6.45) is 7.31. The molecule has 0 bridgehead atoms. The van der Waals surface area contributed by atoms with Gasteiger partial charge in [-0.1, -0.05) is 69.7 Å². The zero-order valence-corrected chi connectivity index (χ0v) is 33.6. The Labute approximate surface area is 328 Å². The summed E-state index contributed by atoms with van der Waals surface area (Å²) in [7, 11) is 0. The number of primary amides is 1. The summed E-state index contributed by atoms with van der Waals surface area (Å²) < 4.78 is 0. The summed E-state index contributed by atoms with van der Waals surface area (Å²) in [4.78, 5) is 63.1. The van der Waals surface area contributed by atoms with E-state index < -0.39 is 11.9 Å². The molecule has 12 heteroatoms. The van der Waals surface area contributed by atoms with E-state index in [1.165, 1.54) is 5.56 Å². The number of carbonyl (C=O) groups is 5. The van der Waals surface area contributed by atoms with E-state index in [-0.39, 0.29) is 79.0 Å². The number of phenols is 1. The van der Waals surface area contributed by atoms with Crippen LogP contribution in [-0.4, -0.2) is 66.4 Å². The summed E-state index contributed by atoms with van der Waals surface area (Å²) in [5, 5.41) is 21.4. The molecule has 0 aliphatic rings. The fourth-order valence-electron chi connectivity index (χ4n) is 6.70. The lowest BCUT2D eigenvalue weighted by atomic mass is 9.91. The lowest BCUT2D eigenvalue weighted by Crippen LogP contribution is -2.46. The van der Waals surface area contributed by atoms with E-state index >= 15 is 0 Å². The minimum Gasteiger partial charge on any atom is -0.508 e. The average Bonchev–Trinajstić information content (AvgIpc) is 3.14. The highest BCUT2D eigenvalue weighted by atomic mass is 16.3. The van der Waals surface area contributed by atoms with Crippen LogP contribution in [0.25, 0.3) is 0 Å². The van der Waals surface area contributed by atoms with Gasteiger partial charge in [-0.3, -0.25) is 14.4 Å². The number of urea groups is 2. The maximum atomic E-state index is 13.3. The number of unbranched alkanes of at least 4 members (excludes halogenated alkanes) is 1. The second-order valence-corrected chi connectivity index (χ2v) is 15.7. The molecular formula is C43H68N6O6. The van der Waals surface area contributed by atoms with Gasteiger partial charge in [-0.05, 0) is 105 Å². The van der Waals surface area contributed by atoms with Gasteiger partial charge in [0.15, 0.2) is 0 Å². The third-order valence-corrected chi connectivity index (χ3v) is 10.1. The number of ketones is 2. The summed E-state index contributed by atoms with van der Waals surface area (Å²) in [6, 6.07) is 15.9. The fourth-order valence-corrected chi connectivity index (χ4v) is 6.70. The van der Waals surface area contributed by atoms with Gasteiger partial charge in [0, 0.05) is 57.3 Å². The first-order valence-electron chi connectivity index (χ1n) is 20.2. The van der Waals surface area contributed by atoms with Crippen molar-refractivity contribution in [1.29, 1.82) is 0 Å². The van der Waals surface area contributed by atoms with Crippen molar-refractivity contribution in [2.75, 3.05) is 19.6 Å². The van der Waals surface area contributed by atoms with Crippen LogP contribution < -0.4 is 32.7 Å². The maximum Gasteiger partial charge on any atom is 0.315 e. The molecule has 2 rings (SSSR count). The molecule has 5 amide bonds. The van der Waals surface area contributed by atoms with E-state index in [0.717, 1.165) is 37.7 Å². The number of hydrogen-bond acceptors (Lipinski definition) is 7. The van der Waals surface area contributed by atoms with Crippen LogP contribution >= 0.6 is 0 Å². The molecule has 0 fully saturated rings. The summed E-state index contributed by atoms with van der Waals surface area (Å²) in [5.41, 5.74) is 13.1. The van der Waals surface area contributed by atoms with E-state index in [1.54, 1.807) is 31.2 Å². The maximum absolute atomic E-state index is 13.3. The number of phenolic OH excluding ortho intramolecular Hbond substituents is 1. The third kappa shape index (κ3) is 21.9. The summed E-state index contributed by atoms with van der Waals surface area (Å²) in [6.45, 7) is 9.19. The number of benzene rings is 2. The summed E-state index contributed by atoms with van der Waals surface area (Å²) >= 11 is 0. The summed E-state index contributed by atoms with van der Waals surface area (Å²) in [5.74, 6) is 0.237. The molecule has 0 aromatic heterocycles. The molecule has 306 valence electrons. The number of carbonyl (C=O) groups excluding carboxylic acids is 5. The minimum absolute atomic E-state index is 0.0187. The fraction of sp³-hybridized carbons (Fsp3) is 0.605. The molecule has 0 aliphatic carbocycles. The van der Waals surface area contributed by atoms with Crippen molar-refractivity contribution in [2.24, 2.45) is 35.1 Å². The van der Waals surface area contributed by atoms with Crippen LogP contribution in [0.3, 0.4) is 0 Å². The molecule has 2 aromatic rings. The van der Waals surface area contributed by atoms with Crippen molar-refractivity contribution in [3.63, 3.8) is 0 Å². The third-order valence-electron chi connectivity index (χ3n) is 10.1. The van der Waals surface area contributed by atoms with E-state index in [9.17, 15) is 29.1 Å². The van der Waals surface area contributed by atoms with E-state index in [0.29, 0.717) is 51.1 Å². The van der Waals surface area contributed by atoms with Gasteiger partial charge < -0.3 is 37.8 Å². The topological polar surface area (TPSA) is 206 Å². The Morgan fingerprint density at radius 1 is 0.655 bits per heavy atom. The van der Waals surface area contributed by atoms with Crippen molar-refractivity contribution in [3.8, 4) is 5.75 Å². The van der Waals surface area contributed by atoms with Gasteiger partial charge in [0.25, 0.3) is 0 Å². The Morgan fingerprint density at radius 3 is 1.85 bits per heavy atom. The van der Waals surface area contributed by atoms with Gasteiger partial charge >= 0.3 is 12.1 Å². The molecule has 0 aliphatic heterocycles. The lowest BCUT2D eigenvalue weighted by molar-refractivity contribution is -0.121. The van der Waals surface area contributed by atoms with Crippen LogP contribution in [-0.2, 0) is 27.2 Å². The van der Waals surface area contributed by atoms with Crippen molar-refractivity contribution in [2.45, 2.75) is 123 Å². The van der Waals surface area contributed by atoms with Crippen LogP contribution in [0, 0.1) is 23.7 Å². The second kappa shape index (κ2) is 26.4. The molecule has 12 nitrogen and oxygen atoms in total. The van der Waals surface area contributed by atoms with Crippen LogP contribution in [0.2, 0.25) is 0 Å². The molecule has 0 spiro atoms. The van der Waals surface area contributed by atoms with E-state index in [1.807, 2.05) is 32.0 Å². The molecule has 0 saturated carbocycles. The Morgan fingerprint density at radius 2 is 1.24 bits per heavy atom. The predicted molar refractivity (Wildman–Crippen MR) is 218 cm³/mol.